The molecule has 1 aromatic heterocycles. The van der Waals surface area contributed by atoms with Gasteiger partial charge in [0.05, 0.1) is 5.69 Å². The number of hydrogen-bond donors (Lipinski definition) is 1. The maximum Gasteiger partial charge on any atom is 0.136 e. The number of rotatable bonds is 2. The van der Waals surface area contributed by atoms with Gasteiger partial charge >= 0.3 is 0 Å². The average Bonchev–Trinajstić information content (AvgIpc) is 2.38. The van der Waals surface area contributed by atoms with E-state index in [-0.39, 0.29) is 5.41 Å². The van der Waals surface area contributed by atoms with Gasteiger partial charge in [-0.1, -0.05) is 44.5 Å². The molecule has 100 valence electrons. The molecular weight excluding hydrogens is 258 g/mol. The zero-order valence-electron chi connectivity index (χ0n) is 11.7. The molecule has 0 fully saturated rings. The number of hydrogen-bond acceptors (Lipinski definition) is 3. The van der Waals surface area contributed by atoms with Crippen LogP contribution in [0.4, 0.5) is 5.82 Å². The van der Waals surface area contributed by atoms with Crippen molar-refractivity contribution in [2.75, 3.05) is 12.4 Å². The molecular formula is C15H18ClN3. The predicted octanol–water partition coefficient (Wildman–Crippen LogP) is 4.14. The molecule has 0 aliphatic carbocycles. The van der Waals surface area contributed by atoms with Gasteiger partial charge in [0.1, 0.15) is 11.6 Å². The Balaban J connectivity index is 2.54. The summed E-state index contributed by atoms with van der Waals surface area (Å²) in [5, 5.41) is 3.81. The van der Waals surface area contributed by atoms with Crippen LogP contribution in [0.3, 0.4) is 0 Å². The van der Waals surface area contributed by atoms with Crippen LogP contribution >= 0.6 is 11.6 Å². The van der Waals surface area contributed by atoms with E-state index < -0.39 is 0 Å². The summed E-state index contributed by atoms with van der Waals surface area (Å²) >= 11 is 5.92. The van der Waals surface area contributed by atoms with Gasteiger partial charge in [-0.15, -0.1) is 0 Å². The fourth-order valence-electron chi connectivity index (χ4n) is 1.68. The van der Waals surface area contributed by atoms with Crippen molar-refractivity contribution in [1.82, 2.24) is 9.97 Å². The summed E-state index contributed by atoms with van der Waals surface area (Å²) in [6.07, 6.45) is 0. The van der Waals surface area contributed by atoms with Gasteiger partial charge < -0.3 is 5.32 Å². The Labute approximate surface area is 119 Å². The molecule has 4 heteroatoms. The van der Waals surface area contributed by atoms with Crippen molar-refractivity contribution in [3.63, 3.8) is 0 Å². The summed E-state index contributed by atoms with van der Waals surface area (Å²) in [6.45, 7) is 6.31. The van der Waals surface area contributed by atoms with Crippen LogP contribution < -0.4 is 5.32 Å². The van der Waals surface area contributed by atoms with Gasteiger partial charge in [-0.3, -0.25) is 0 Å². The Morgan fingerprint density at radius 3 is 2.21 bits per heavy atom. The second-order valence-corrected chi connectivity index (χ2v) is 5.91. The molecule has 3 nitrogen and oxygen atoms in total. The van der Waals surface area contributed by atoms with Crippen molar-refractivity contribution >= 4 is 17.4 Å². The lowest BCUT2D eigenvalue weighted by molar-refractivity contribution is 0.547. The lowest BCUT2D eigenvalue weighted by Crippen LogP contribution is -2.17. The quantitative estimate of drug-likeness (QED) is 0.895. The normalized spacial score (nSPS) is 11.4. The zero-order valence-corrected chi connectivity index (χ0v) is 12.4. The maximum absolute atomic E-state index is 5.92. The van der Waals surface area contributed by atoms with Crippen molar-refractivity contribution < 1.29 is 0 Å². The third-order valence-corrected chi connectivity index (χ3v) is 3.05. The monoisotopic (exact) mass is 275 g/mol. The summed E-state index contributed by atoms with van der Waals surface area (Å²) < 4.78 is 0. The molecule has 1 heterocycles. The number of anilines is 1. The van der Waals surface area contributed by atoms with E-state index in [2.05, 4.69) is 36.1 Å². The van der Waals surface area contributed by atoms with Crippen molar-refractivity contribution in [1.29, 1.82) is 0 Å². The highest BCUT2D eigenvalue weighted by atomic mass is 35.5. The smallest absolute Gasteiger partial charge is 0.136 e. The first-order chi connectivity index (χ1) is 8.90. The summed E-state index contributed by atoms with van der Waals surface area (Å²) in [7, 11) is 1.86. The molecule has 1 N–H and O–H groups in total. The third-order valence-electron chi connectivity index (χ3n) is 2.79. The van der Waals surface area contributed by atoms with E-state index in [0.717, 1.165) is 27.9 Å². The van der Waals surface area contributed by atoms with Crippen LogP contribution in [0.1, 0.15) is 26.6 Å². The minimum Gasteiger partial charge on any atom is -0.373 e. The van der Waals surface area contributed by atoms with Gasteiger partial charge in [-0.25, -0.2) is 9.97 Å². The van der Waals surface area contributed by atoms with Gasteiger partial charge in [-0.2, -0.15) is 0 Å². The molecule has 1 aromatic carbocycles. The molecule has 0 saturated carbocycles. The van der Waals surface area contributed by atoms with Crippen molar-refractivity contribution in [2.24, 2.45) is 0 Å². The number of halogens is 1. The lowest BCUT2D eigenvalue weighted by atomic mass is 9.95. The first kappa shape index (κ1) is 13.8. The van der Waals surface area contributed by atoms with E-state index in [4.69, 9.17) is 11.6 Å². The highest BCUT2D eigenvalue weighted by molar-refractivity contribution is 6.30. The topological polar surface area (TPSA) is 37.8 Å². The summed E-state index contributed by atoms with van der Waals surface area (Å²) in [5.74, 6) is 1.65. The molecule has 0 spiro atoms. The van der Waals surface area contributed by atoms with Crippen LogP contribution in [-0.4, -0.2) is 17.0 Å². The Kier molecular flexibility index (Phi) is 3.76. The lowest BCUT2D eigenvalue weighted by Gasteiger charge is -2.18. The molecule has 0 atom stereocenters. The standard InChI is InChI=1S/C15H18ClN3/c1-15(2,3)14-18-12(9-13(17-4)19-14)10-5-7-11(16)8-6-10/h5-9H,1-4H3,(H,17,18,19). The number of benzene rings is 1. The fourth-order valence-corrected chi connectivity index (χ4v) is 1.81. The molecule has 2 rings (SSSR count). The summed E-state index contributed by atoms with van der Waals surface area (Å²) in [4.78, 5) is 9.18. The highest BCUT2D eigenvalue weighted by Gasteiger charge is 2.19. The van der Waals surface area contributed by atoms with E-state index >= 15 is 0 Å². The van der Waals surface area contributed by atoms with Crippen molar-refractivity contribution in [3.05, 3.63) is 41.2 Å². The van der Waals surface area contributed by atoms with Gasteiger partial charge in [0.2, 0.25) is 0 Å². The van der Waals surface area contributed by atoms with E-state index in [1.165, 1.54) is 0 Å². The SMILES string of the molecule is CNc1cc(-c2ccc(Cl)cc2)nc(C(C)(C)C)n1. The molecule has 0 amide bonds. The molecule has 0 aliphatic rings. The molecule has 0 saturated heterocycles. The third kappa shape index (κ3) is 3.24. The first-order valence-electron chi connectivity index (χ1n) is 6.23. The van der Waals surface area contributed by atoms with E-state index in [1.807, 2.05) is 37.4 Å². The second-order valence-electron chi connectivity index (χ2n) is 5.47. The predicted molar refractivity (Wildman–Crippen MR) is 80.7 cm³/mol. The Morgan fingerprint density at radius 2 is 1.68 bits per heavy atom. The van der Waals surface area contributed by atoms with Crippen LogP contribution in [0.25, 0.3) is 11.3 Å². The van der Waals surface area contributed by atoms with Gasteiger partial charge in [0, 0.05) is 29.1 Å². The van der Waals surface area contributed by atoms with Crippen LogP contribution in [0.2, 0.25) is 5.02 Å². The summed E-state index contributed by atoms with van der Waals surface area (Å²) in [6, 6.07) is 9.62. The van der Waals surface area contributed by atoms with Gasteiger partial charge in [-0.05, 0) is 12.1 Å². The maximum atomic E-state index is 5.92. The molecule has 2 aromatic rings. The van der Waals surface area contributed by atoms with Crippen LogP contribution in [0, 0.1) is 0 Å². The Bertz CT molecular complexity index is 571. The minimum absolute atomic E-state index is 0.0893. The number of aromatic nitrogens is 2. The van der Waals surface area contributed by atoms with Gasteiger partial charge in [0.15, 0.2) is 0 Å². The molecule has 0 radical (unpaired) electrons. The van der Waals surface area contributed by atoms with Crippen molar-refractivity contribution in [2.45, 2.75) is 26.2 Å². The Morgan fingerprint density at radius 1 is 1.05 bits per heavy atom. The second kappa shape index (κ2) is 5.17. The van der Waals surface area contributed by atoms with E-state index in [0.29, 0.717) is 0 Å². The van der Waals surface area contributed by atoms with Crippen LogP contribution in [0.15, 0.2) is 30.3 Å². The fraction of sp³-hybridized carbons (Fsp3) is 0.333. The zero-order chi connectivity index (χ0) is 14.0. The van der Waals surface area contributed by atoms with Gasteiger partial charge in [0.25, 0.3) is 0 Å². The molecule has 0 aliphatic heterocycles. The number of nitrogens with zero attached hydrogens (tertiary/aromatic N) is 2. The van der Waals surface area contributed by atoms with Crippen LogP contribution in [0.5, 0.6) is 0 Å². The highest BCUT2D eigenvalue weighted by Crippen LogP contribution is 2.26. The first-order valence-corrected chi connectivity index (χ1v) is 6.61. The average molecular weight is 276 g/mol. The molecule has 19 heavy (non-hydrogen) atoms. The summed E-state index contributed by atoms with van der Waals surface area (Å²) in [5.41, 5.74) is 1.85. The van der Waals surface area contributed by atoms with Crippen LogP contribution in [-0.2, 0) is 5.41 Å². The largest absolute Gasteiger partial charge is 0.373 e. The van der Waals surface area contributed by atoms with Crippen molar-refractivity contribution in [3.8, 4) is 11.3 Å². The number of nitrogens with one attached hydrogen (secondary N) is 1. The van der Waals surface area contributed by atoms with E-state index in [9.17, 15) is 0 Å². The Hall–Kier alpha value is -1.61. The minimum atomic E-state index is -0.0893. The van der Waals surface area contributed by atoms with E-state index in [1.54, 1.807) is 0 Å². The molecule has 0 unspecified atom stereocenters. The molecule has 0 bridgehead atoms.